The third-order valence-corrected chi connectivity index (χ3v) is 4.31. The van der Waals surface area contributed by atoms with Gasteiger partial charge in [0.1, 0.15) is 11.4 Å². The van der Waals surface area contributed by atoms with Gasteiger partial charge in [-0.05, 0) is 63.3 Å². The normalized spacial score (nSPS) is 15.8. The lowest BCUT2D eigenvalue weighted by Gasteiger charge is -2.14. The molecule has 0 bridgehead atoms. The van der Waals surface area contributed by atoms with Crippen LogP contribution in [0.1, 0.15) is 25.1 Å². The minimum Gasteiger partial charge on any atom is -0.494 e. The summed E-state index contributed by atoms with van der Waals surface area (Å²) in [4.78, 5) is 14.3. The molecule has 1 aromatic heterocycles. The van der Waals surface area contributed by atoms with Crippen molar-refractivity contribution in [1.29, 1.82) is 0 Å². The maximum Gasteiger partial charge on any atom is 0.281 e. The molecule has 0 saturated carbocycles. The van der Waals surface area contributed by atoms with Gasteiger partial charge in [-0.3, -0.25) is 14.4 Å². The zero-order chi connectivity index (χ0) is 18.0. The Hall–Kier alpha value is -2.67. The predicted octanol–water partition coefficient (Wildman–Crippen LogP) is 2.87. The second kappa shape index (κ2) is 7.06. The summed E-state index contributed by atoms with van der Waals surface area (Å²) >= 11 is 5.34. The number of amides is 1. The number of hydrogen-bond donors (Lipinski definition) is 1. The minimum absolute atomic E-state index is 0.183. The fourth-order valence-corrected chi connectivity index (χ4v) is 3.00. The van der Waals surface area contributed by atoms with Gasteiger partial charge in [-0.15, -0.1) is 0 Å². The van der Waals surface area contributed by atoms with Crippen LogP contribution >= 0.6 is 12.2 Å². The van der Waals surface area contributed by atoms with Gasteiger partial charge in [-0.1, -0.05) is 0 Å². The van der Waals surface area contributed by atoms with Crippen molar-refractivity contribution in [3.63, 3.8) is 0 Å². The highest BCUT2D eigenvalue weighted by atomic mass is 32.1. The van der Waals surface area contributed by atoms with E-state index in [1.165, 1.54) is 4.90 Å². The second-order valence-electron chi connectivity index (χ2n) is 5.56. The molecule has 130 valence electrons. The Kier molecular flexibility index (Phi) is 4.85. The highest BCUT2D eigenvalue weighted by molar-refractivity contribution is 7.80. The first-order chi connectivity index (χ1) is 12.0. The Labute approximate surface area is 152 Å². The summed E-state index contributed by atoms with van der Waals surface area (Å²) in [5.74, 6) is 0.577. The van der Waals surface area contributed by atoms with Crippen LogP contribution in [0.4, 0.5) is 5.69 Å². The third-order valence-electron chi connectivity index (χ3n) is 4.02. The molecule has 0 unspecified atom stereocenters. The molecule has 1 aromatic carbocycles. The Bertz CT molecular complexity index is 839. The van der Waals surface area contributed by atoms with Gasteiger partial charge in [0, 0.05) is 17.8 Å². The number of rotatable bonds is 5. The highest BCUT2D eigenvalue weighted by Crippen LogP contribution is 2.25. The number of nitrogens with one attached hydrogen (secondary N) is 1. The highest BCUT2D eigenvalue weighted by Gasteiger charge is 2.32. The molecule has 1 aliphatic rings. The monoisotopic (exact) mass is 356 g/mol. The molecule has 2 aromatic rings. The number of anilines is 1. The number of benzene rings is 1. The molecule has 0 radical (unpaired) electrons. The van der Waals surface area contributed by atoms with Crippen molar-refractivity contribution in [1.82, 2.24) is 15.1 Å². The van der Waals surface area contributed by atoms with Crippen LogP contribution in [-0.4, -0.2) is 27.4 Å². The summed E-state index contributed by atoms with van der Waals surface area (Å²) in [6.45, 7) is 7.31. The lowest BCUT2D eigenvalue weighted by atomic mass is 10.2. The molecule has 1 fully saturated rings. The standard InChI is InChI=1S/C18H20N4O2S/c1-4-21-12(3)13(11-19-21)10-16-17(23)22(18(25)20-16)14-6-8-15(9-7-14)24-5-2/h6-11H,4-5H2,1-3H3,(H,20,25)/b16-10+. The first-order valence-electron chi connectivity index (χ1n) is 8.17. The second-order valence-corrected chi connectivity index (χ2v) is 5.94. The van der Waals surface area contributed by atoms with Gasteiger partial charge in [-0.2, -0.15) is 5.10 Å². The molecule has 1 saturated heterocycles. The largest absolute Gasteiger partial charge is 0.494 e. The molecule has 1 N–H and O–H groups in total. The number of aromatic nitrogens is 2. The zero-order valence-corrected chi connectivity index (χ0v) is 15.3. The van der Waals surface area contributed by atoms with Crippen LogP contribution in [0.15, 0.2) is 36.2 Å². The van der Waals surface area contributed by atoms with Crippen LogP contribution in [0.5, 0.6) is 5.75 Å². The third kappa shape index (κ3) is 3.28. The molecule has 3 rings (SSSR count). The summed E-state index contributed by atoms with van der Waals surface area (Å²) < 4.78 is 7.31. The molecule has 0 spiro atoms. The number of carbonyl (C=O) groups excluding carboxylic acids is 1. The average molecular weight is 356 g/mol. The smallest absolute Gasteiger partial charge is 0.281 e. The quantitative estimate of drug-likeness (QED) is 0.659. The van der Waals surface area contributed by atoms with Crippen molar-refractivity contribution in [2.24, 2.45) is 0 Å². The number of ether oxygens (including phenoxy) is 1. The maximum atomic E-state index is 12.8. The zero-order valence-electron chi connectivity index (χ0n) is 14.4. The van der Waals surface area contributed by atoms with Crippen molar-refractivity contribution in [3.05, 3.63) is 47.4 Å². The van der Waals surface area contributed by atoms with E-state index in [4.69, 9.17) is 17.0 Å². The van der Waals surface area contributed by atoms with E-state index >= 15 is 0 Å². The summed E-state index contributed by atoms with van der Waals surface area (Å²) in [5, 5.41) is 7.65. The molecular weight excluding hydrogens is 336 g/mol. The minimum atomic E-state index is -0.183. The lowest BCUT2D eigenvalue weighted by Crippen LogP contribution is -2.30. The summed E-state index contributed by atoms with van der Waals surface area (Å²) in [7, 11) is 0. The Balaban J connectivity index is 1.86. The average Bonchev–Trinajstić information content (AvgIpc) is 3.09. The lowest BCUT2D eigenvalue weighted by molar-refractivity contribution is -0.113. The van der Waals surface area contributed by atoms with Crippen LogP contribution in [0.25, 0.3) is 6.08 Å². The molecule has 25 heavy (non-hydrogen) atoms. The van der Waals surface area contributed by atoms with E-state index < -0.39 is 0 Å². The summed E-state index contributed by atoms with van der Waals surface area (Å²) in [6.07, 6.45) is 3.54. The SMILES string of the molecule is CCOc1ccc(N2C(=O)/C(=C\c3cnn(CC)c3C)NC2=S)cc1. The summed E-state index contributed by atoms with van der Waals surface area (Å²) in [5.41, 5.74) is 3.05. The van der Waals surface area contributed by atoms with E-state index in [0.29, 0.717) is 23.1 Å². The van der Waals surface area contributed by atoms with Gasteiger partial charge in [-0.25, -0.2) is 0 Å². The molecule has 1 aliphatic heterocycles. The molecule has 0 aliphatic carbocycles. The fourth-order valence-electron chi connectivity index (χ4n) is 2.70. The van der Waals surface area contributed by atoms with Crippen molar-refractivity contribution >= 4 is 35.0 Å². The number of hydrogen-bond acceptors (Lipinski definition) is 4. The number of nitrogens with zero attached hydrogens (tertiary/aromatic N) is 3. The maximum absolute atomic E-state index is 12.8. The van der Waals surface area contributed by atoms with Crippen LogP contribution < -0.4 is 15.0 Å². The van der Waals surface area contributed by atoms with Gasteiger partial charge >= 0.3 is 0 Å². The van der Waals surface area contributed by atoms with Gasteiger partial charge < -0.3 is 10.1 Å². The fraction of sp³-hybridized carbons (Fsp3) is 0.278. The Morgan fingerprint density at radius 3 is 2.60 bits per heavy atom. The summed E-state index contributed by atoms with van der Waals surface area (Å²) in [6, 6.07) is 7.29. The van der Waals surface area contributed by atoms with Crippen molar-refractivity contribution in [2.75, 3.05) is 11.5 Å². The van der Waals surface area contributed by atoms with Crippen molar-refractivity contribution < 1.29 is 9.53 Å². The van der Waals surface area contributed by atoms with Gasteiger partial charge in [0.2, 0.25) is 0 Å². The van der Waals surface area contributed by atoms with Crippen molar-refractivity contribution in [2.45, 2.75) is 27.3 Å². The molecule has 1 amide bonds. The van der Waals surface area contributed by atoms with Gasteiger partial charge in [0.25, 0.3) is 5.91 Å². The van der Waals surface area contributed by atoms with E-state index in [1.807, 2.05) is 49.7 Å². The van der Waals surface area contributed by atoms with Crippen LogP contribution in [0.2, 0.25) is 0 Å². The molecule has 7 heteroatoms. The van der Waals surface area contributed by atoms with E-state index in [9.17, 15) is 4.79 Å². The number of aryl methyl sites for hydroxylation is 1. The van der Waals surface area contributed by atoms with Crippen LogP contribution in [0, 0.1) is 6.92 Å². The van der Waals surface area contributed by atoms with Gasteiger partial charge in [0.05, 0.1) is 18.5 Å². The Morgan fingerprint density at radius 2 is 2.00 bits per heavy atom. The van der Waals surface area contributed by atoms with Crippen molar-refractivity contribution in [3.8, 4) is 5.75 Å². The number of carbonyl (C=O) groups is 1. The number of thiocarbonyl (C=S) groups is 1. The molecule has 0 atom stereocenters. The molecular formula is C18H20N4O2S. The molecule has 6 nitrogen and oxygen atoms in total. The molecule has 2 heterocycles. The first kappa shape index (κ1) is 17.2. The predicted molar refractivity (Wildman–Crippen MR) is 101 cm³/mol. The topological polar surface area (TPSA) is 59.4 Å². The van der Waals surface area contributed by atoms with E-state index in [0.717, 1.165) is 23.6 Å². The van der Waals surface area contributed by atoms with E-state index in [-0.39, 0.29) is 5.91 Å². The van der Waals surface area contributed by atoms with E-state index in [1.54, 1.807) is 12.3 Å². The first-order valence-corrected chi connectivity index (χ1v) is 8.58. The van der Waals surface area contributed by atoms with Crippen LogP contribution in [0.3, 0.4) is 0 Å². The Morgan fingerprint density at radius 1 is 1.28 bits per heavy atom. The van der Waals surface area contributed by atoms with Gasteiger partial charge in [0.15, 0.2) is 5.11 Å². The van der Waals surface area contributed by atoms with Crippen LogP contribution in [-0.2, 0) is 11.3 Å². The van der Waals surface area contributed by atoms with E-state index in [2.05, 4.69) is 10.4 Å².